The van der Waals surface area contributed by atoms with E-state index in [0.717, 1.165) is 12.1 Å². The molecule has 0 aliphatic heterocycles. The Bertz CT molecular complexity index is 865. The van der Waals surface area contributed by atoms with Gasteiger partial charge in [0, 0.05) is 31.8 Å². The molecular formula is C17H17F3N4O3. The van der Waals surface area contributed by atoms with E-state index in [0.29, 0.717) is 0 Å². The Kier molecular flexibility index (Phi) is 6.58. The Labute approximate surface area is 152 Å². The van der Waals surface area contributed by atoms with Crippen LogP contribution in [-0.2, 0) is 24.1 Å². The van der Waals surface area contributed by atoms with Gasteiger partial charge in [-0.15, -0.1) is 0 Å². The molecule has 10 heteroatoms. The van der Waals surface area contributed by atoms with Crippen molar-refractivity contribution in [3.05, 3.63) is 70.1 Å². The van der Waals surface area contributed by atoms with Gasteiger partial charge in [-0.25, -0.2) is 10.2 Å². The fourth-order valence-electron chi connectivity index (χ4n) is 2.14. The lowest BCUT2D eigenvalue weighted by Crippen LogP contribution is -2.47. The summed E-state index contributed by atoms with van der Waals surface area (Å²) in [5, 5.41) is 2.33. The quantitative estimate of drug-likeness (QED) is 0.689. The molecule has 0 radical (unpaired) electrons. The van der Waals surface area contributed by atoms with Gasteiger partial charge in [0.15, 0.2) is 0 Å². The van der Waals surface area contributed by atoms with Crippen LogP contribution < -0.4 is 21.7 Å². The number of pyridine rings is 1. The fraction of sp³-hybridized carbons (Fsp3) is 0.235. The minimum atomic E-state index is -4.47. The van der Waals surface area contributed by atoms with Gasteiger partial charge >= 0.3 is 12.2 Å². The summed E-state index contributed by atoms with van der Waals surface area (Å²) >= 11 is 0. The van der Waals surface area contributed by atoms with Crippen molar-refractivity contribution in [2.75, 3.05) is 0 Å². The van der Waals surface area contributed by atoms with Crippen molar-refractivity contribution in [3.8, 4) is 0 Å². The maximum atomic E-state index is 12.6. The van der Waals surface area contributed by atoms with Crippen LogP contribution in [0.25, 0.3) is 0 Å². The minimum Gasteiger partial charge on any atom is -0.333 e. The molecule has 3 amide bonds. The number of amides is 3. The summed E-state index contributed by atoms with van der Waals surface area (Å²) in [7, 11) is 0. The number of urea groups is 1. The van der Waals surface area contributed by atoms with Gasteiger partial charge in [0.1, 0.15) is 0 Å². The molecule has 0 atom stereocenters. The molecule has 1 aromatic carbocycles. The second-order valence-electron chi connectivity index (χ2n) is 5.54. The van der Waals surface area contributed by atoms with Gasteiger partial charge in [-0.3, -0.25) is 15.0 Å². The topological polar surface area (TPSA) is 92.2 Å². The number of hydrogen-bond donors (Lipinski definition) is 3. The zero-order chi connectivity index (χ0) is 19.9. The Hall–Kier alpha value is -3.30. The first-order chi connectivity index (χ1) is 12.8. The number of benzene rings is 1. The van der Waals surface area contributed by atoms with E-state index in [2.05, 4.69) is 16.2 Å². The number of nitrogens with zero attached hydrogens (tertiary/aromatic N) is 1. The van der Waals surface area contributed by atoms with Gasteiger partial charge in [0.05, 0.1) is 5.56 Å². The number of aryl methyl sites for hydroxylation is 1. The number of carbonyl (C=O) groups is 2. The smallest absolute Gasteiger partial charge is 0.333 e. The molecule has 7 nitrogen and oxygen atoms in total. The van der Waals surface area contributed by atoms with Gasteiger partial charge in [0.25, 0.3) is 5.56 Å². The summed E-state index contributed by atoms with van der Waals surface area (Å²) in [6.07, 6.45) is -2.98. The first-order valence-electron chi connectivity index (χ1n) is 7.90. The zero-order valence-electron chi connectivity index (χ0n) is 14.0. The van der Waals surface area contributed by atoms with Crippen molar-refractivity contribution < 1.29 is 22.8 Å². The molecule has 0 aliphatic carbocycles. The summed E-state index contributed by atoms with van der Waals surface area (Å²) < 4.78 is 39.2. The van der Waals surface area contributed by atoms with Gasteiger partial charge in [-0.1, -0.05) is 18.2 Å². The average Bonchev–Trinajstić information content (AvgIpc) is 2.63. The molecule has 3 N–H and O–H groups in total. The van der Waals surface area contributed by atoms with E-state index in [4.69, 9.17) is 0 Å². The molecule has 0 spiro atoms. The van der Waals surface area contributed by atoms with Gasteiger partial charge in [-0.2, -0.15) is 13.2 Å². The van der Waals surface area contributed by atoms with Crippen molar-refractivity contribution in [2.45, 2.75) is 25.7 Å². The van der Waals surface area contributed by atoms with Crippen LogP contribution in [-0.4, -0.2) is 16.5 Å². The third-order valence-corrected chi connectivity index (χ3v) is 3.50. The SMILES string of the molecule is O=C(CCn1ccccc1=O)NNC(=O)NCc1cccc(C(F)(F)F)c1. The highest BCUT2D eigenvalue weighted by molar-refractivity contribution is 5.80. The first-order valence-corrected chi connectivity index (χ1v) is 7.90. The van der Waals surface area contributed by atoms with Crippen LogP contribution in [0.5, 0.6) is 0 Å². The number of hydrazine groups is 1. The Morgan fingerprint density at radius 1 is 1.04 bits per heavy atom. The van der Waals surface area contributed by atoms with Crippen LogP contribution in [0, 0.1) is 0 Å². The second-order valence-corrected chi connectivity index (χ2v) is 5.54. The summed E-state index contributed by atoms with van der Waals surface area (Å²) in [4.78, 5) is 34.8. The molecule has 2 rings (SSSR count). The number of alkyl halides is 3. The van der Waals surface area contributed by atoms with Gasteiger partial charge in [0.2, 0.25) is 5.91 Å². The Morgan fingerprint density at radius 2 is 1.81 bits per heavy atom. The molecular weight excluding hydrogens is 365 g/mol. The fourth-order valence-corrected chi connectivity index (χ4v) is 2.14. The molecule has 0 saturated heterocycles. The predicted molar refractivity (Wildman–Crippen MR) is 90.3 cm³/mol. The normalized spacial score (nSPS) is 10.9. The van der Waals surface area contributed by atoms with Crippen LogP contribution in [0.15, 0.2) is 53.5 Å². The predicted octanol–water partition coefficient (Wildman–Crippen LogP) is 1.79. The third-order valence-electron chi connectivity index (χ3n) is 3.50. The standard InChI is InChI=1S/C17H17F3N4O3/c18-17(19,20)13-5-3-4-12(10-13)11-21-16(27)23-22-14(25)7-9-24-8-2-1-6-15(24)26/h1-6,8,10H,7,9,11H2,(H,22,25)(H2,21,23,27). The lowest BCUT2D eigenvalue weighted by atomic mass is 10.1. The van der Waals surface area contributed by atoms with Crippen molar-refractivity contribution in [2.24, 2.45) is 0 Å². The first kappa shape index (κ1) is 20.0. The molecule has 0 aliphatic rings. The molecule has 27 heavy (non-hydrogen) atoms. The van der Waals surface area contributed by atoms with E-state index in [1.807, 2.05) is 0 Å². The lowest BCUT2D eigenvalue weighted by Gasteiger charge is -2.11. The molecule has 0 fully saturated rings. The zero-order valence-corrected chi connectivity index (χ0v) is 14.0. The van der Waals surface area contributed by atoms with Gasteiger partial charge in [-0.05, 0) is 23.8 Å². The number of carbonyl (C=O) groups excluding carboxylic acids is 2. The Morgan fingerprint density at radius 3 is 2.52 bits per heavy atom. The maximum absolute atomic E-state index is 12.6. The number of aromatic nitrogens is 1. The average molecular weight is 382 g/mol. The summed E-state index contributed by atoms with van der Waals surface area (Å²) in [6, 6.07) is 8.35. The largest absolute Gasteiger partial charge is 0.416 e. The molecule has 144 valence electrons. The van der Waals surface area contributed by atoms with Crippen LogP contribution in [0.1, 0.15) is 17.5 Å². The van der Waals surface area contributed by atoms with Crippen LogP contribution >= 0.6 is 0 Å². The molecule has 0 saturated carbocycles. The number of rotatable bonds is 5. The van der Waals surface area contributed by atoms with E-state index in [9.17, 15) is 27.6 Å². The number of hydrogen-bond acceptors (Lipinski definition) is 3. The van der Waals surface area contributed by atoms with E-state index in [1.165, 1.54) is 29.0 Å². The van der Waals surface area contributed by atoms with Crippen LogP contribution in [0.3, 0.4) is 0 Å². The molecule has 2 aromatic rings. The van der Waals surface area contributed by atoms with E-state index < -0.39 is 23.7 Å². The summed E-state index contributed by atoms with van der Waals surface area (Å²) in [6.45, 7) is -0.00985. The molecule has 1 aromatic heterocycles. The highest BCUT2D eigenvalue weighted by Crippen LogP contribution is 2.29. The molecule has 0 bridgehead atoms. The van der Waals surface area contributed by atoms with Crippen molar-refractivity contribution in [3.63, 3.8) is 0 Å². The summed E-state index contributed by atoms with van der Waals surface area (Å²) in [5.74, 6) is -0.528. The number of nitrogens with one attached hydrogen (secondary N) is 3. The monoisotopic (exact) mass is 382 g/mol. The van der Waals surface area contributed by atoms with E-state index >= 15 is 0 Å². The number of halogens is 3. The van der Waals surface area contributed by atoms with E-state index in [1.54, 1.807) is 12.1 Å². The maximum Gasteiger partial charge on any atom is 0.416 e. The lowest BCUT2D eigenvalue weighted by molar-refractivity contribution is -0.137. The second kappa shape index (κ2) is 8.88. The molecule has 1 heterocycles. The highest BCUT2D eigenvalue weighted by atomic mass is 19.4. The Balaban J connectivity index is 1.74. The minimum absolute atomic E-state index is 0.0438. The van der Waals surface area contributed by atoms with Crippen molar-refractivity contribution >= 4 is 11.9 Å². The van der Waals surface area contributed by atoms with Crippen molar-refractivity contribution in [1.29, 1.82) is 0 Å². The highest BCUT2D eigenvalue weighted by Gasteiger charge is 2.30. The van der Waals surface area contributed by atoms with E-state index in [-0.39, 0.29) is 30.6 Å². The summed E-state index contributed by atoms with van der Waals surface area (Å²) in [5.41, 5.74) is 3.43. The third kappa shape index (κ3) is 6.49. The van der Waals surface area contributed by atoms with Gasteiger partial charge < -0.3 is 9.88 Å². The van der Waals surface area contributed by atoms with Crippen molar-refractivity contribution in [1.82, 2.24) is 20.7 Å². The van der Waals surface area contributed by atoms with Crippen LogP contribution in [0.4, 0.5) is 18.0 Å². The van der Waals surface area contributed by atoms with Crippen LogP contribution in [0.2, 0.25) is 0 Å². The molecule has 0 unspecified atom stereocenters.